The average molecular weight is 562 g/mol. The molecule has 0 amide bonds. The molecule has 5 heteroatoms. The number of likely N-dealkylation sites (N-methyl/N-ethyl adjacent to an activating group) is 1. The normalized spacial score (nSPS) is 17.1. The van der Waals surface area contributed by atoms with Crippen LogP contribution in [0, 0.1) is 0 Å². The lowest BCUT2D eigenvalue weighted by atomic mass is 9.86. The van der Waals surface area contributed by atoms with Gasteiger partial charge in [0.05, 0.1) is 0 Å². The number of carbonyl (C=O) groups is 1. The van der Waals surface area contributed by atoms with E-state index in [1.54, 1.807) is 12.2 Å². The van der Waals surface area contributed by atoms with Gasteiger partial charge in [-0.05, 0) is 54.7 Å². The molecule has 2 aliphatic rings. The Morgan fingerprint density at radius 3 is 2.41 bits per heavy atom. The third-order valence-electron chi connectivity index (χ3n) is 6.14. The third kappa shape index (κ3) is 4.20. The molecule has 5 rings (SSSR count). The van der Waals surface area contributed by atoms with E-state index < -0.39 is 0 Å². The number of pyridine rings is 1. The molecule has 0 unspecified atom stereocenters. The zero-order chi connectivity index (χ0) is 24.2. The number of benzene rings is 2. The van der Waals surface area contributed by atoms with Crippen LogP contribution in [0.1, 0.15) is 25.1 Å². The third-order valence-corrected chi connectivity index (χ3v) is 6.14. The minimum absolute atomic E-state index is 0.193. The van der Waals surface area contributed by atoms with Crippen LogP contribution in [0.3, 0.4) is 0 Å². The van der Waals surface area contributed by atoms with Crippen LogP contribution in [0.25, 0.3) is 23.1 Å². The van der Waals surface area contributed by atoms with Gasteiger partial charge in [-0.3, -0.25) is 4.79 Å². The molecule has 34 heavy (non-hydrogen) atoms. The first-order valence-corrected chi connectivity index (χ1v) is 13.5. The van der Waals surface area contributed by atoms with Gasteiger partial charge in [0.2, 0.25) is 11.2 Å². The number of aryl methyl sites for hydroxylation is 1. The average Bonchev–Trinajstić information content (AvgIpc) is 2.90. The van der Waals surface area contributed by atoms with Gasteiger partial charge < -0.3 is 10.0 Å². The minimum Gasteiger partial charge on any atom is -0.871 e. The fourth-order valence-electron chi connectivity index (χ4n) is 4.51. The number of fused-ring (bicyclic) bond motifs is 2. The lowest BCUT2D eigenvalue weighted by molar-refractivity contribution is -0.669. The number of ketones is 1. The molecule has 4 nitrogen and oxygen atoms in total. The smallest absolute Gasteiger partial charge is 0.212 e. The molecule has 0 saturated heterocycles. The van der Waals surface area contributed by atoms with Gasteiger partial charge in [0, 0.05) is 52.7 Å². The van der Waals surface area contributed by atoms with Crippen LogP contribution in [0.2, 0.25) is 0 Å². The SMILES string of the molecule is CCN1C(=CC2=C([O-])C(=Cc3ccc4ccccc4[n+]3CC)C2=O)C=Cc2ccccc21.CI. The molecule has 0 N–H and O–H groups in total. The fraction of sp³-hybridized carbons (Fsp3) is 0.172. The highest BCUT2D eigenvalue weighted by Gasteiger charge is 2.28. The number of aromatic nitrogens is 1. The Labute approximate surface area is 214 Å². The van der Waals surface area contributed by atoms with Crippen molar-refractivity contribution in [2.24, 2.45) is 0 Å². The molecule has 2 heterocycles. The predicted octanol–water partition coefficient (Wildman–Crippen LogP) is 5.22. The maximum Gasteiger partial charge on any atom is 0.212 e. The van der Waals surface area contributed by atoms with Gasteiger partial charge in [-0.2, -0.15) is 4.57 Å². The number of hydrogen-bond donors (Lipinski definition) is 0. The predicted molar refractivity (Wildman–Crippen MR) is 146 cm³/mol. The number of nitrogens with zero attached hydrogens (tertiary/aromatic N) is 2. The molecule has 172 valence electrons. The number of halogens is 1. The summed E-state index contributed by atoms with van der Waals surface area (Å²) in [5, 5.41) is 14.1. The van der Waals surface area contributed by atoms with Crippen LogP contribution in [-0.2, 0) is 11.3 Å². The number of Topliss-reactive ketones (excluding diaryl/α,β-unsaturated/α-hetero) is 1. The van der Waals surface area contributed by atoms with Crippen LogP contribution >= 0.6 is 22.6 Å². The van der Waals surface area contributed by atoms with Crippen molar-refractivity contribution >= 4 is 57.1 Å². The molecular formula is C29H27IN2O2. The van der Waals surface area contributed by atoms with E-state index in [0.717, 1.165) is 46.6 Å². The summed E-state index contributed by atoms with van der Waals surface area (Å²) in [6, 6.07) is 20.2. The van der Waals surface area contributed by atoms with Gasteiger partial charge in [-0.1, -0.05) is 64.8 Å². The Hall–Kier alpha value is -3.19. The number of allylic oxidation sites excluding steroid dienone is 4. The Morgan fingerprint density at radius 1 is 0.941 bits per heavy atom. The van der Waals surface area contributed by atoms with Gasteiger partial charge in [0.25, 0.3) is 0 Å². The topological polar surface area (TPSA) is 47.2 Å². The Bertz CT molecular complexity index is 1380. The van der Waals surface area contributed by atoms with Crippen LogP contribution in [-0.4, -0.2) is 17.3 Å². The maximum absolute atomic E-state index is 12.9. The van der Waals surface area contributed by atoms with E-state index in [1.807, 2.05) is 53.5 Å². The van der Waals surface area contributed by atoms with Gasteiger partial charge in [-0.25, -0.2) is 0 Å². The van der Waals surface area contributed by atoms with Gasteiger partial charge >= 0.3 is 0 Å². The van der Waals surface area contributed by atoms with E-state index in [0.29, 0.717) is 0 Å². The number of alkyl halides is 1. The second kappa shape index (κ2) is 10.4. The van der Waals surface area contributed by atoms with E-state index in [1.165, 1.54) is 0 Å². The lowest BCUT2D eigenvalue weighted by Crippen LogP contribution is -2.37. The number of rotatable bonds is 4. The van der Waals surface area contributed by atoms with Crippen molar-refractivity contribution in [3.8, 4) is 0 Å². The van der Waals surface area contributed by atoms with Crippen molar-refractivity contribution in [2.45, 2.75) is 20.4 Å². The second-order valence-electron chi connectivity index (χ2n) is 7.90. The first kappa shape index (κ1) is 24.0. The molecule has 1 aromatic heterocycles. The van der Waals surface area contributed by atoms with Gasteiger partial charge in [0.15, 0.2) is 5.78 Å². The Balaban J connectivity index is 0.00000133. The molecule has 0 radical (unpaired) electrons. The summed E-state index contributed by atoms with van der Waals surface area (Å²) < 4.78 is 2.12. The summed E-state index contributed by atoms with van der Waals surface area (Å²) in [5.41, 5.74) is 5.51. The largest absolute Gasteiger partial charge is 0.871 e. The zero-order valence-corrected chi connectivity index (χ0v) is 21.7. The van der Waals surface area contributed by atoms with Crippen molar-refractivity contribution in [3.63, 3.8) is 0 Å². The highest BCUT2D eigenvalue weighted by molar-refractivity contribution is 14.1. The van der Waals surface area contributed by atoms with Gasteiger partial charge in [-0.15, -0.1) is 0 Å². The number of carbonyl (C=O) groups excluding carboxylic acids is 1. The number of para-hydroxylation sites is 2. The molecule has 0 fully saturated rings. The molecule has 0 spiro atoms. The van der Waals surface area contributed by atoms with Crippen LogP contribution in [0.5, 0.6) is 0 Å². The van der Waals surface area contributed by atoms with Crippen molar-refractivity contribution in [1.29, 1.82) is 0 Å². The van der Waals surface area contributed by atoms with E-state index >= 15 is 0 Å². The molecule has 3 aromatic rings. The number of anilines is 1. The first-order chi connectivity index (χ1) is 16.6. The van der Waals surface area contributed by atoms with Crippen molar-refractivity contribution in [2.75, 3.05) is 16.4 Å². The summed E-state index contributed by atoms with van der Waals surface area (Å²) in [7, 11) is 0. The van der Waals surface area contributed by atoms with Crippen LogP contribution in [0.4, 0.5) is 5.69 Å². The van der Waals surface area contributed by atoms with E-state index in [4.69, 9.17) is 0 Å². The van der Waals surface area contributed by atoms with Crippen molar-refractivity contribution in [3.05, 3.63) is 107 Å². The molecular weight excluding hydrogens is 535 g/mol. The molecule has 1 aliphatic heterocycles. The molecule has 2 aromatic carbocycles. The Kier molecular flexibility index (Phi) is 7.32. The lowest BCUT2D eigenvalue weighted by Gasteiger charge is -2.32. The molecule has 0 saturated carbocycles. The van der Waals surface area contributed by atoms with Crippen LogP contribution in [0.15, 0.2) is 95.4 Å². The number of hydrogen-bond acceptors (Lipinski definition) is 3. The standard InChI is InChI=1S/C28H24N2O2.CH3I/c1-3-29-21(15-13-19-9-5-7-11-25(19)29)17-23-27(31)24(28(23)32)18-22-16-14-20-10-6-8-12-26(20)30(22)4-2;1-2/h5-18H,3-4H2,1-2H3;1H3. The molecule has 0 atom stereocenters. The summed E-state index contributed by atoms with van der Waals surface area (Å²) >= 11 is 2.15. The highest BCUT2D eigenvalue weighted by Crippen LogP contribution is 2.34. The van der Waals surface area contributed by atoms with Crippen molar-refractivity contribution < 1.29 is 14.5 Å². The van der Waals surface area contributed by atoms with Crippen LogP contribution < -0.4 is 14.6 Å². The van der Waals surface area contributed by atoms with E-state index in [9.17, 15) is 9.90 Å². The minimum atomic E-state index is -0.193. The second-order valence-corrected chi connectivity index (χ2v) is 7.90. The summed E-state index contributed by atoms with van der Waals surface area (Å²) in [4.78, 5) is 17.0. The highest BCUT2D eigenvalue weighted by atomic mass is 127. The van der Waals surface area contributed by atoms with Gasteiger partial charge in [0.1, 0.15) is 6.54 Å². The quantitative estimate of drug-likeness (QED) is 0.190. The molecule has 1 aliphatic carbocycles. The van der Waals surface area contributed by atoms with E-state index in [-0.39, 0.29) is 22.7 Å². The summed E-state index contributed by atoms with van der Waals surface area (Å²) in [6.45, 7) is 5.62. The fourth-order valence-corrected chi connectivity index (χ4v) is 4.51. The maximum atomic E-state index is 12.9. The monoisotopic (exact) mass is 562 g/mol. The zero-order valence-electron chi connectivity index (χ0n) is 19.6. The van der Waals surface area contributed by atoms with Crippen molar-refractivity contribution in [1.82, 2.24) is 0 Å². The summed E-state index contributed by atoms with van der Waals surface area (Å²) in [6.07, 6.45) is 7.45. The molecule has 0 bridgehead atoms. The summed E-state index contributed by atoms with van der Waals surface area (Å²) in [5.74, 6) is -0.386. The Morgan fingerprint density at radius 2 is 1.68 bits per heavy atom. The first-order valence-electron chi connectivity index (χ1n) is 11.4. The van der Waals surface area contributed by atoms with E-state index in [2.05, 4.69) is 70.2 Å².